The van der Waals surface area contributed by atoms with Crippen LogP contribution in [-0.4, -0.2) is 58.2 Å². The number of sulfonamides is 1. The first kappa shape index (κ1) is 19.5. The zero-order valence-electron chi connectivity index (χ0n) is 14.4. The summed E-state index contributed by atoms with van der Waals surface area (Å²) in [6.07, 6.45) is -3.67. The maximum Gasteiger partial charge on any atom is 0.285 e. The van der Waals surface area contributed by atoms with Crippen LogP contribution in [-0.2, 0) is 14.8 Å². The highest BCUT2D eigenvalue weighted by atomic mass is 32.2. The number of ether oxygens (including phenoxy) is 1. The Kier molecular flexibility index (Phi) is 5.31. The van der Waals surface area contributed by atoms with Crippen LogP contribution in [0.1, 0.15) is 11.8 Å². The Hall–Kier alpha value is -2.31. The number of hydrogen-bond donors (Lipinski definition) is 4. The quantitative estimate of drug-likeness (QED) is 0.495. The number of nitrogen functional groups attached to an aromatic ring is 1. The average molecular weight is 396 g/mol. The number of aryl methyl sites for hydroxylation is 1. The molecule has 0 amide bonds. The number of benzene rings is 1. The van der Waals surface area contributed by atoms with E-state index in [9.17, 15) is 23.7 Å². The molecule has 11 heteroatoms. The predicted molar refractivity (Wildman–Crippen MR) is 93.6 cm³/mol. The molecular weight excluding hydrogens is 376 g/mol. The first-order valence-corrected chi connectivity index (χ1v) is 9.52. The van der Waals surface area contributed by atoms with Gasteiger partial charge in [-0.3, -0.25) is 4.57 Å². The minimum atomic E-state index is -4.11. The lowest BCUT2D eigenvalue weighted by Gasteiger charge is -2.18. The highest BCUT2D eigenvalue weighted by Crippen LogP contribution is 2.28. The van der Waals surface area contributed by atoms with Gasteiger partial charge in [0.15, 0.2) is 6.23 Å². The maximum atomic E-state index is 12.6. The molecule has 0 unspecified atom stereocenters. The molecule has 2 aromatic rings. The Morgan fingerprint density at radius 3 is 2.48 bits per heavy atom. The first-order valence-electron chi connectivity index (χ1n) is 8.08. The molecule has 0 spiro atoms. The predicted octanol–water partition coefficient (Wildman–Crippen LogP) is -1.33. The molecule has 1 aromatic heterocycles. The second-order valence-electron chi connectivity index (χ2n) is 6.17. The molecule has 0 saturated carbocycles. The summed E-state index contributed by atoms with van der Waals surface area (Å²) in [5, 5.41) is 29.4. The minimum absolute atomic E-state index is 0.0100. The number of aromatic nitrogens is 2. The lowest BCUT2D eigenvalue weighted by atomic mass is 10.1. The summed E-state index contributed by atoms with van der Waals surface area (Å²) in [7, 11) is -4.11. The number of rotatable bonds is 4. The van der Waals surface area contributed by atoms with Crippen molar-refractivity contribution < 1.29 is 28.5 Å². The molecule has 1 saturated heterocycles. The summed E-state index contributed by atoms with van der Waals surface area (Å²) in [4.78, 5) is 3.88. The van der Waals surface area contributed by atoms with E-state index in [0.29, 0.717) is 0 Å². The lowest BCUT2D eigenvalue weighted by Crippen LogP contribution is -2.37. The largest absolute Gasteiger partial charge is 0.394 e. The fraction of sp³-hybridized carbons (Fsp3) is 0.375. The molecule has 1 aromatic carbocycles. The van der Waals surface area contributed by atoms with Crippen molar-refractivity contribution in [2.24, 2.45) is 4.40 Å². The number of nitrogens with two attached hydrogens (primary N) is 1. The van der Waals surface area contributed by atoms with Crippen molar-refractivity contribution >= 4 is 15.8 Å². The monoisotopic (exact) mass is 396 g/mol. The third-order valence-electron chi connectivity index (χ3n) is 4.18. The van der Waals surface area contributed by atoms with Gasteiger partial charge in [0.1, 0.15) is 24.1 Å². The molecule has 0 radical (unpaired) electrons. The van der Waals surface area contributed by atoms with E-state index in [4.69, 9.17) is 10.5 Å². The molecule has 1 fully saturated rings. The first-order chi connectivity index (χ1) is 12.7. The number of anilines is 1. The van der Waals surface area contributed by atoms with Gasteiger partial charge in [-0.1, -0.05) is 17.7 Å². The zero-order valence-corrected chi connectivity index (χ0v) is 15.2. The van der Waals surface area contributed by atoms with Gasteiger partial charge in [0.2, 0.25) is 5.62 Å². The summed E-state index contributed by atoms with van der Waals surface area (Å²) < 4.78 is 35.5. The molecule has 2 heterocycles. The molecule has 0 aliphatic carbocycles. The van der Waals surface area contributed by atoms with Gasteiger partial charge in [-0.15, -0.1) is 4.40 Å². The summed E-state index contributed by atoms with van der Waals surface area (Å²) in [5.74, 6) is 0.0100. The van der Waals surface area contributed by atoms with Gasteiger partial charge >= 0.3 is 0 Å². The summed E-state index contributed by atoms with van der Waals surface area (Å²) in [6, 6.07) is 7.46. The van der Waals surface area contributed by atoms with Gasteiger partial charge in [0.25, 0.3) is 10.0 Å². The van der Waals surface area contributed by atoms with Crippen LogP contribution in [0.25, 0.3) is 0 Å². The van der Waals surface area contributed by atoms with E-state index in [-0.39, 0.29) is 16.3 Å². The number of aliphatic hydroxyl groups excluding tert-OH is 3. The van der Waals surface area contributed by atoms with Crippen molar-refractivity contribution in [3.8, 4) is 0 Å². The van der Waals surface area contributed by atoms with Gasteiger partial charge in [0.05, 0.1) is 11.5 Å². The number of aliphatic hydroxyl groups is 3. The molecule has 5 N–H and O–H groups in total. The third-order valence-corrected chi connectivity index (χ3v) is 5.45. The van der Waals surface area contributed by atoms with Gasteiger partial charge in [-0.2, -0.15) is 13.4 Å². The van der Waals surface area contributed by atoms with Crippen molar-refractivity contribution in [1.82, 2.24) is 9.55 Å². The van der Waals surface area contributed by atoms with E-state index in [2.05, 4.69) is 9.38 Å². The normalized spacial score (nSPS) is 26.4. The Balaban J connectivity index is 2.10. The number of hydrogen-bond acceptors (Lipinski definition) is 8. The van der Waals surface area contributed by atoms with E-state index in [0.717, 1.165) is 10.1 Å². The van der Waals surface area contributed by atoms with Crippen molar-refractivity contribution in [1.29, 1.82) is 0 Å². The standard InChI is InChI=1S/C16H20N4O6S/c1-9-2-4-10(5-3-9)27(24,25)19-16-18-12(17)6-7-20(16)15-14(23)13(22)11(8-21)26-15/h2-7,11,13-15,21-23H,8H2,1H3,(H2,17,18,19)/t11-,13-,14+,15-/m1/s1. The Morgan fingerprint density at radius 2 is 1.89 bits per heavy atom. The summed E-state index contributed by atoms with van der Waals surface area (Å²) in [6.45, 7) is 1.30. The van der Waals surface area contributed by atoms with E-state index >= 15 is 0 Å². The highest BCUT2D eigenvalue weighted by Gasteiger charge is 2.43. The molecule has 1 aliphatic heterocycles. The van der Waals surface area contributed by atoms with Crippen LogP contribution in [0.4, 0.5) is 5.82 Å². The van der Waals surface area contributed by atoms with Gasteiger partial charge in [-0.05, 0) is 25.1 Å². The van der Waals surface area contributed by atoms with Crippen molar-refractivity contribution in [3.05, 3.63) is 47.7 Å². The van der Waals surface area contributed by atoms with Gasteiger partial charge < -0.3 is 25.8 Å². The van der Waals surface area contributed by atoms with Gasteiger partial charge in [0, 0.05) is 6.20 Å². The maximum absolute atomic E-state index is 12.6. The molecule has 146 valence electrons. The molecular formula is C16H20N4O6S. The second kappa shape index (κ2) is 7.37. The van der Waals surface area contributed by atoms with Crippen LogP contribution in [0.15, 0.2) is 45.8 Å². The van der Waals surface area contributed by atoms with Gasteiger partial charge in [-0.25, -0.2) is 0 Å². The van der Waals surface area contributed by atoms with Crippen LogP contribution >= 0.6 is 0 Å². The van der Waals surface area contributed by atoms with Crippen LogP contribution in [0.2, 0.25) is 0 Å². The van der Waals surface area contributed by atoms with Crippen molar-refractivity contribution in [2.45, 2.75) is 36.4 Å². The number of nitrogens with zero attached hydrogens (tertiary/aromatic N) is 3. The lowest BCUT2D eigenvalue weighted by molar-refractivity contribution is -0.0552. The molecule has 1 aliphatic rings. The SMILES string of the molecule is Cc1ccc(S(=O)(=O)/N=c2\nc(N)ccn2[C@@H]2O[C@H](CO)[C@@H](O)[C@@H]2O)cc1. The fourth-order valence-electron chi connectivity index (χ4n) is 2.68. The van der Waals surface area contributed by atoms with Crippen LogP contribution < -0.4 is 11.4 Å². The Labute approximate surface area is 155 Å². The second-order valence-corrected chi connectivity index (χ2v) is 7.77. The third kappa shape index (κ3) is 3.87. The average Bonchev–Trinajstić information content (AvgIpc) is 2.90. The van der Waals surface area contributed by atoms with Crippen LogP contribution in [0.5, 0.6) is 0 Å². The Bertz CT molecular complexity index is 989. The van der Waals surface area contributed by atoms with Crippen LogP contribution in [0.3, 0.4) is 0 Å². The molecule has 0 bridgehead atoms. The topological polar surface area (TPSA) is 160 Å². The van der Waals surface area contributed by atoms with Crippen molar-refractivity contribution in [2.75, 3.05) is 12.3 Å². The minimum Gasteiger partial charge on any atom is -0.394 e. The summed E-state index contributed by atoms with van der Waals surface area (Å²) in [5.41, 5.74) is 6.21. The molecule has 4 atom stereocenters. The Morgan fingerprint density at radius 1 is 1.22 bits per heavy atom. The smallest absolute Gasteiger partial charge is 0.285 e. The van der Waals surface area contributed by atoms with E-state index in [1.165, 1.54) is 24.4 Å². The van der Waals surface area contributed by atoms with E-state index in [1.54, 1.807) is 12.1 Å². The molecule has 27 heavy (non-hydrogen) atoms. The van der Waals surface area contributed by atoms with Crippen molar-refractivity contribution in [3.63, 3.8) is 0 Å². The van der Waals surface area contributed by atoms with E-state index in [1.807, 2.05) is 6.92 Å². The van der Waals surface area contributed by atoms with E-state index < -0.39 is 41.2 Å². The molecule has 3 rings (SSSR count). The highest BCUT2D eigenvalue weighted by molar-refractivity contribution is 7.90. The fourth-order valence-corrected chi connectivity index (χ4v) is 3.62. The molecule has 10 nitrogen and oxygen atoms in total. The summed E-state index contributed by atoms with van der Waals surface area (Å²) >= 11 is 0. The van der Waals surface area contributed by atoms with Crippen LogP contribution in [0, 0.1) is 6.92 Å². The zero-order chi connectivity index (χ0) is 19.8.